The Morgan fingerprint density at radius 2 is 1.50 bits per heavy atom. The Bertz CT molecular complexity index is 1080. The van der Waals surface area contributed by atoms with Crippen molar-refractivity contribution >= 4 is 29.3 Å². The van der Waals surface area contributed by atoms with Gasteiger partial charge < -0.3 is 20.1 Å². The largest absolute Gasteiger partial charge is 0.497 e. The number of carbonyl (C=O) groups excluding carboxylic acids is 2. The summed E-state index contributed by atoms with van der Waals surface area (Å²) in [6.07, 6.45) is 3.09. The van der Waals surface area contributed by atoms with Crippen molar-refractivity contribution in [1.82, 2.24) is 0 Å². The molecule has 6 heteroatoms. The summed E-state index contributed by atoms with van der Waals surface area (Å²) in [7, 11) is 3.15. The number of anilines is 2. The van der Waals surface area contributed by atoms with Crippen molar-refractivity contribution in [3.8, 4) is 11.5 Å². The number of carbonyl (C=O) groups is 2. The summed E-state index contributed by atoms with van der Waals surface area (Å²) in [5.74, 6) is 0.657. The van der Waals surface area contributed by atoms with Gasteiger partial charge >= 0.3 is 0 Å². The fourth-order valence-corrected chi connectivity index (χ4v) is 2.78. The van der Waals surface area contributed by atoms with Gasteiger partial charge in [-0.2, -0.15) is 0 Å². The molecule has 2 N–H and O–H groups in total. The van der Waals surface area contributed by atoms with Crippen LogP contribution in [0.5, 0.6) is 11.5 Å². The smallest absolute Gasteiger partial charge is 0.257 e. The predicted octanol–water partition coefficient (Wildman–Crippen LogP) is 4.61. The van der Waals surface area contributed by atoms with Gasteiger partial charge in [0.05, 0.1) is 25.5 Å². The van der Waals surface area contributed by atoms with Crippen LogP contribution in [0.3, 0.4) is 0 Å². The third-order valence-corrected chi connectivity index (χ3v) is 4.28. The average Bonchev–Trinajstić information content (AvgIpc) is 2.78. The normalized spacial score (nSPS) is 10.5. The fourth-order valence-electron chi connectivity index (χ4n) is 2.78. The molecule has 0 aromatic heterocycles. The van der Waals surface area contributed by atoms with E-state index in [1.165, 1.54) is 6.08 Å². The fraction of sp³-hybridized carbons (Fsp3) is 0.0833. The lowest BCUT2D eigenvalue weighted by Gasteiger charge is -2.11. The molecule has 2 amide bonds. The molecule has 0 bridgehead atoms. The van der Waals surface area contributed by atoms with Crippen LogP contribution < -0.4 is 20.1 Å². The average molecular weight is 402 g/mol. The number of hydrogen-bond donors (Lipinski definition) is 2. The molecular formula is C24H22N2O4. The molecular weight excluding hydrogens is 380 g/mol. The minimum atomic E-state index is -0.348. The van der Waals surface area contributed by atoms with Crippen molar-refractivity contribution in [3.05, 3.63) is 90.0 Å². The zero-order valence-corrected chi connectivity index (χ0v) is 16.7. The maximum absolute atomic E-state index is 12.7. The van der Waals surface area contributed by atoms with E-state index in [4.69, 9.17) is 9.47 Å². The van der Waals surface area contributed by atoms with Gasteiger partial charge in [0.15, 0.2) is 0 Å². The second-order valence-corrected chi connectivity index (χ2v) is 6.33. The molecule has 3 aromatic carbocycles. The first-order valence-corrected chi connectivity index (χ1v) is 9.26. The third kappa shape index (κ3) is 5.48. The standard InChI is InChI=1S/C24H22N2O4/c1-29-19-9-5-7-17(15-19)13-14-23(27)26-22-12-4-3-11-21(22)24(28)25-18-8-6-10-20(16-18)30-2/h3-16H,1-2H3,(H,25,28)(H,26,27)/b14-13+. The number of rotatable bonds is 7. The molecule has 0 saturated heterocycles. The molecule has 0 saturated carbocycles. The highest BCUT2D eigenvalue weighted by atomic mass is 16.5. The van der Waals surface area contributed by atoms with E-state index in [9.17, 15) is 9.59 Å². The molecule has 0 spiro atoms. The van der Waals surface area contributed by atoms with Gasteiger partial charge in [-0.25, -0.2) is 0 Å². The van der Waals surface area contributed by atoms with Crippen molar-refractivity contribution in [2.24, 2.45) is 0 Å². The second-order valence-electron chi connectivity index (χ2n) is 6.33. The summed E-state index contributed by atoms with van der Waals surface area (Å²) < 4.78 is 10.3. The first-order valence-electron chi connectivity index (χ1n) is 9.26. The number of ether oxygens (including phenoxy) is 2. The lowest BCUT2D eigenvalue weighted by atomic mass is 10.1. The molecule has 6 nitrogen and oxygen atoms in total. The van der Waals surface area contributed by atoms with Gasteiger partial charge in [-0.1, -0.05) is 30.3 Å². The van der Waals surface area contributed by atoms with Gasteiger partial charge in [-0.3, -0.25) is 9.59 Å². The Labute approximate surface area is 175 Å². The van der Waals surface area contributed by atoms with E-state index in [0.717, 1.165) is 5.56 Å². The molecule has 0 radical (unpaired) electrons. The van der Waals surface area contributed by atoms with Gasteiger partial charge in [0.25, 0.3) is 5.91 Å². The van der Waals surface area contributed by atoms with E-state index in [1.54, 1.807) is 68.8 Å². The Hall–Kier alpha value is -4.06. The summed E-state index contributed by atoms with van der Waals surface area (Å²) in [4.78, 5) is 25.1. The van der Waals surface area contributed by atoms with E-state index >= 15 is 0 Å². The first kappa shape index (κ1) is 20.7. The van der Waals surface area contributed by atoms with E-state index < -0.39 is 0 Å². The summed E-state index contributed by atoms with van der Waals surface area (Å²) in [5.41, 5.74) is 2.19. The van der Waals surface area contributed by atoms with Crippen LogP contribution in [0.2, 0.25) is 0 Å². The maximum Gasteiger partial charge on any atom is 0.257 e. The molecule has 0 unspecified atom stereocenters. The summed E-state index contributed by atoms with van der Waals surface area (Å²) in [6.45, 7) is 0. The van der Waals surface area contributed by atoms with E-state index in [1.807, 2.05) is 24.3 Å². The highest BCUT2D eigenvalue weighted by molar-refractivity contribution is 6.11. The van der Waals surface area contributed by atoms with Gasteiger partial charge in [0.2, 0.25) is 5.91 Å². The van der Waals surface area contributed by atoms with Crippen molar-refractivity contribution in [1.29, 1.82) is 0 Å². The zero-order valence-electron chi connectivity index (χ0n) is 16.7. The number of methoxy groups -OCH3 is 2. The number of amides is 2. The number of nitrogens with one attached hydrogen (secondary N) is 2. The molecule has 0 aliphatic heterocycles. The van der Waals surface area contributed by atoms with E-state index in [-0.39, 0.29) is 11.8 Å². The second kappa shape index (κ2) is 9.93. The van der Waals surface area contributed by atoms with E-state index in [2.05, 4.69) is 10.6 Å². The number of benzene rings is 3. The van der Waals surface area contributed by atoms with Crippen LogP contribution in [0.25, 0.3) is 6.08 Å². The molecule has 0 aliphatic rings. The maximum atomic E-state index is 12.7. The van der Waals surface area contributed by atoms with Crippen molar-refractivity contribution in [2.45, 2.75) is 0 Å². The topological polar surface area (TPSA) is 76.7 Å². The van der Waals surface area contributed by atoms with Crippen LogP contribution >= 0.6 is 0 Å². The number of hydrogen-bond acceptors (Lipinski definition) is 4. The Balaban J connectivity index is 1.71. The summed E-state index contributed by atoms with van der Waals surface area (Å²) >= 11 is 0. The Morgan fingerprint density at radius 3 is 2.27 bits per heavy atom. The molecule has 30 heavy (non-hydrogen) atoms. The SMILES string of the molecule is COc1cccc(/C=C/C(=O)Nc2ccccc2C(=O)Nc2cccc(OC)c2)c1. The quantitative estimate of drug-likeness (QED) is 0.566. The van der Waals surface area contributed by atoms with Gasteiger partial charge in [0, 0.05) is 17.8 Å². The highest BCUT2D eigenvalue weighted by Crippen LogP contribution is 2.21. The number of para-hydroxylation sites is 1. The van der Waals surface area contributed by atoms with E-state index in [0.29, 0.717) is 28.4 Å². The molecule has 3 aromatic rings. The van der Waals surface area contributed by atoms with Crippen molar-refractivity contribution < 1.29 is 19.1 Å². The molecule has 3 rings (SSSR count). The predicted molar refractivity (Wildman–Crippen MR) is 118 cm³/mol. The minimum absolute atomic E-state index is 0.337. The van der Waals surface area contributed by atoms with Crippen LogP contribution in [0.15, 0.2) is 78.9 Å². The lowest BCUT2D eigenvalue weighted by molar-refractivity contribution is -0.111. The summed E-state index contributed by atoms with van der Waals surface area (Å²) in [5, 5.41) is 5.57. The van der Waals surface area contributed by atoms with Crippen LogP contribution in [0.4, 0.5) is 11.4 Å². The Morgan fingerprint density at radius 1 is 0.800 bits per heavy atom. The first-order chi connectivity index (χ1) is 14.6. The zero-order chi connectivity index (χ0) is 21.3. The minimum Gasteiger partial charge on any atom is -0.497 e. The molecule has 0 heterocycles. The van der Waals surface area contributed by atoms with Crippen LogP contribution in [0.1, 0.15) is 15.9 Å². The van der Waals surface area contributed by atoms with Crippen LogP contribution in [-0.2, 0) is 4.79 Å². The van der Waals surface area contributed by atoms with Crippen LogP contribution in [-0.4, -0.2) is 26.0 Å². The molecule has 152 valence electrons. The van der Waals surface area contributed by atoms with Crippen molar-refractivity contribution in [3.63, 3.8) is 0 Å². The van der Waals surface area contributed by atoms with Crippen LogP contribution in [0, 0.1) is 0 Å². The Kier molecular flexibility index (Phi) is 6.84. The summed E-state index contributed by atoms with van der Waals surface area (Å²) in [6, 6.07) is 21.2. The van der Waals surface area contributed by atoms with Gasteiger partial charge in [-0.15, -0.1) is 0 Å². The third-order valence-electron chi connectivity index (χ3n) is 4.28. The van der Waals surface area contributed by atoms with Gasteiger partial charge in [0.1, 0.15) is 11.5 Å². The highest BCUT2D eigenvalue weighted by Gasteiger charge is 2.13. The molecule has 0 fully saturated rings. The molecule has 0 atom stereocenters. The van der Waals surface area contributed by atoms with Crippen molar-refractivity contribution in [2.75, 3.05) is 24.9 Å². The van der Waals surface area contributed by atoms with Gasteiger partial charge in [-0.05, 0) is 48.0 Å². The monoisotopic (exact) mass is 402 g/mol. The molecule has 0 aliphatic carbocycles. The lowest BCUT2D eigenvalue weighted by Crippen LogP contribution is -2.17.